The SMILES string of the molecule is NC(=O)/C(=C(/N)c1ccc(Oc2ccccc2)cc1)c1nccc(C2CCN(P)CC2)n1. The predicted molar refractivity (Wildman–Crippen MR) is 128 cm³/mol. The number of nitrogens with zero attached hydrogens (tertiary/aromatic N) is 3. The Balaban J connectivity index is 1.61. The number of primary amides is 1. The molecule has 1 saturated heterocycles. The number of carbonyl (C=O) groups is 1. The fraction of sp³-hybridized carbons (Fsp3) is 0.208. The molecular weight excluding hydrogens is 421 g/mol. The Hall–Kier alpha value is -3.28. The predicted octanol–water partition coefficient (Wildman–Crippen LogP) is 3.55. The minimum Gasteiger partial charge on any atom is -0.457 e. The van der Waals surface area contributed by atoms with E-state index in [-0.39, 0.29) is 17.1 Å². The monoisotopic (exact) mass is 447 g/mol. The molecule has 1 aliphatic heterocycles. The molecule has 0 bridgehead atoms. The van der Waals surface area contributed by atoms with Gasteiger partial charge in [0, 0.05) is 30.9 Å². The van der Waals surface area contributed by atoms with Gasteiger partial charge in [-0.05, 0) is 60.9 Å². The van der Waals surface area contributed by atoms with Crippen molar-refractivity contribution in [1.82, 2.24) is 14.6 Å². The lowest BCUT2D eigenvalue weighted by molar-refractivity contribution is -0.112. The second-order valence-electron chi connectivity index (χ2n) is 7.71. The molecule has 3 aromatic rings. The summed E-state index contributed by atoms with van der Waals surface area (Å²) in [5, 5.41) is 0. The molecule has 4 N–H and O–H groups in total. The van der Waals surface area contributed by atoms with E-state index in [4.69, 9.17) is 16.2 Å². The zero-order chi connectivity index (χ0) is 22.5. The highest BCUT2D eigenvalue weighted by molar-refractivity contribution is 7.13. The van der Waals surface area contributed by atoms with Gasteiger partial charge in [-0.3, -0.25) is 9.46 Å². The van der Waals surface area contributed by atoms with Gasteiger partial charge in [0.15, 0.2) is 5.82 Å². The van der Waals surface area contributed by atoms with Crippen molar-refractivity contribution in [3.8, 4) is 11.5 Å². The largest absolute Gasteiger partial charge is 0.457 e. The van der Waals surface area contributed by atoms with Crippen molar-refractivity contribution in [1.29, 1.82) is 0 Å². The average Bonchev–Trinajstić information content (AvgIpc) is 2.81. The van der Waals surface area contributed by atoms with Crippen molar-refractivity contribution < 1.29 is 9.53 Å². The highest BCUT2D eigenvalue weighted by Gasteiger charge is 2.23. The summed E-state index contributed by atoms with van der Waals surface area (Å²) in [4.78, 5) is 21.3. The summed E-state index contributed by atoms with van der Waals surface area (Å²) in [5.74, 6) is 1.30. The number of para-hydroxylation sites is 1. The normalized spacial score (nSPS) is 15.8. The standard InChI is InChI=1S/C24H26N5O2P/c25-22(17-6-8-19(9-7-17)31-18-4-2-1-3-5-18)21(23(26)30)24-27-13-10-20(28-24)16-11-14-29(32)15-12-16/h1-10,13,16H,11-12,14-15,25,32H2,(H2,26,30)/b22-21-. The molecule has 0 spiro atoms. The fourth-order valence-electron chi connectivity index (χ4n) is 3.75. The molecule has 0 aliphatic carbocycles. The number of piperidine rings is 1. The van der Waals surface area contributed by atoms with E-state index in [1.165, 1.54) is 0 Å². The number of benzene rings is 2. The maximum Gasteiger partial charge on any atom is 0.254 e. The maximum atomic E-state index is 12.3. The molecule has 0 radical (unpaired) electrons. The number of hydrogen-bond donors (Lipinski definition) is 2. The van der Waals surface area contributed by atoms with Gasteiger partial charge in [0.25, 0.3) is 5.91 Å². The number of amides is 1. The van der Waals surface area contributed by atoms with E-state index in [2.05, 4.69) is 24.0 Å². The molecule has 2 aromatic carbocycles. The fourth-order valence-corrected chi connectivity index (χ4v) is 4.05. The van der Waals surface area contributed by atoms with Gasteiger partial charge in [-0.15, -0.1) is 0 Å². The van der Waals surface area contributed by atoms with Crippen molar-refractivity contribution in [3.63, 3.8) is 0 Å². The number of nitrogens with two attached hydrogens (primary N) is 2. The van der Waals surface area contributed by atoms with Gasteiger partial charge in [-0.2, -0.15) is 0 Å². The first-order valence-corrected chi connectivity index (χ1v) is 11.0. The van der Waals surface area contributed by atoms with Crippen LogP contribution in [0.5, 0.6) is 11.5 Å². The molecule has 1 fully saturated rings. The van der Waals surface area contributed by atoms with Crippen molar-refractivity contribution in [3.05, 3.63) is 83.9 Å². The second kappa shape index (κ2) is 9.90. The van der Waals surface area contributed by atoms with Gasteiger partial charge in [0.2, 0.25) is 0 Å². The molecule has 164 valence electrons. The molecule has 7 nitrogen and oxygen atoms in total. The van der Waals surface area contributed by atoms with Gasteiger partial charge < -0.3 is 16.2 Å². The minimum atomic E-state index is -0.663. The molecule has 0 saturated carbocycles. The third-order valence-electron chi connectivity index (χ3n) is 5.51. The van der Waals surface area contributed by atoms with Gasteiger partial charge in [-0.1, -0.05) is 27.6 Å². The Kier molecular flexibility index (Phi) is 6.78. The summed E-state index contributed by atoms with van der Waals surface area (Å²) in [6, 6.07) is 18.5. The number of hydrogen-bond acceptors (Lipinski definition) is 6. The van der Waals surface area contributed by atoms with Gasteiger partial charge >= 0.3 is 0 Å². The minimum absolute atomic E-state index is 0.118. The zero-order valence-corrected chi connectivity index (χ0v) is 18.8. The molecule has 4 rings (SSSR count). The summed E-state index contributed by atoms with van der Waals surface area (Å²) in [6.07, 6.45) is 3.65. The van der Waals surface area contributed by atoms with Crippen LogP contribution in [0.2, 0.25) is 0 Å². The summed E-state index contributed by atoms with van der Waals surface area (Å²) in [7, 11) is 2.74. The molecule has 32 heavy (non-hydrogen) atoms. The summed E-state index contributed by atoms with van der Waals surface area (Å²) < 4.78 is 8.04. The molecule has 1 aromatic heterocycles. The Labute approximate surface area is 189 Å². The molecule has 1 unspecified atom stereocenters. The Morgan fingerprint density at radius 3 is 2.28 bits per heavy atom. The topological polar surface area (TPSA) is 107 Å². The van der Waals surface area contributed by atoms with E-state index in [0.717, 1.165) is 37.4 Å². The van der Waals surface area contributed by atoms with E-state index in [0.29, 0.717) is 17.2 Å². The first-order valence-electron chi connectivity index (χ1n) is 10.5. The smallest absolute Gasteiger partial charge is 0.254 e. The Morgan fingerprint density at radius 2 is 1.62 bits per heavy atom. The highest BCUT2D eigenvalue weighted by atomic mass is 31.0. The van der Waals surface area contributed by atoms with Gasteiger partial charge in [0.05, 0.1) is 5.70 Å². The Bertz CT molecular complexity index is 1110. The maximum absolute atomic E-state index is 12.3. The van der Waals surface area contributed by atoms with E-state index in [9.17, 15) is 4.79 Å². The van der Waals surface area contributed by atoms with Crippen LogP contribution >= 0.6 is 9.39 Å². The molecule has 1 amide bonds. The summed E-state index contributed by atoms with van der Waals surface area (Å²) >= 11 is 0. The molecule has 8 heteroatoms. The zero-order valence-electron chi connectivity index (χ0n) is 17.6. The number of carbonyl (C=O) groups excluding carboxylic acids is 1. The van der Waals surface area contributed by atoms with Crippen molar-refractivity contribution in [2.45, 2.75) is 18.8 Å². The van der Waals surface area contributed by atoms with Crippen molar-refractivity contribution >= 4 is 26.6 Å². The van der Waals surface area contributed by atoms with Crippen LogP contribution in [-0.4, -0.2) is 33.6 Å². The van der Waals surface area contributed by atoms with Gasteiger partial charge in [-0.25, -0.2) is 9.97 Å². The van der Waals surface area contributed by atoms with E-state index >= 15 is 0 Å². The lowest BCUT2D eigenvalue weighted by Crippen LogP contribution is -2.26. The molecule has 2 heterocycles. The Morgan fingerprint density at radius 1 is 0.969 bits per heavy atom. The van der Waals surface area contributed by atoms with Crippen LogP contribution in [0.15, 0.2) is 66.9 Å². The first-order chi connectivity index (χ1) is 15.5. The van der Waals surface area contributed by atoms with E-state index in [1.54, 1.807) is 30.5 Å². The molecular formula is C24H26N5O2P. The van der Waals surface area contributed by atoms with Crippen LogP contribution in [0, 0.1) is 0 Å². The first kappa shape index (κ1) is 21.9. The third-order valence-corrected chi connectivity index (χ3v) is 6.02. The average molecular weight is 447 g/mol. The van der Waals surface area contributed by atoms with E-state index in [1.807, 2.05) is 36.4 Å². The number of ether oxygens (including phenoxy) is 1. The van der Waals surface area contributed by atoms with Crippen LogP contribution in [0.1, 0.15) is 35.8 Å². The highest BCUT2D eigenvalue weighted by Crippen LogP contribution is 2.29. The lowest BCUT2D eigenvalue weighted by Gasteiger charge is -2.28. The van der Waals surface area contributed by atoms with Crippen LogP contribution in [0.25, 0.3) is 11.3 Å². The lowest BCUT2D eigenvalue weighted by atomic mass is 9.94. The second-order valence-corrected chi connectivity index (χ2v) is 8.44. The van der Waals surface area contributed by atoms with Crippen LogP contribution in [0.4, 0.5) is 0 Å². The van der Waals surface area contributed by atoms with Crippen molar-refractivity contribution in [2.75, 3.05) is 13.1 Å². The number of rotatable bonds is 6. The van der Waals surface area contributed by atoms with Crippen LogP contribution in [-0.2, 0) is 4.79 Å². The molecule has 1 atom stereocenters. The molecule has 1 aliphatic rings. The number of aromatic nitrogens is 2. The van der Waals surface area contributed by atoms with Crippen LogP contribution in [0.3, 0.4) is 0 Å². The third kappa shape index (κ3) is 5.13. The van der Waals surface area contributed by atoms with Gasteiger partial charge in [0.1, 0.15) is 17.1 Å². The quantitative estimate of drug-likeness (QED) is 0.442. The van der Waals surface area contributed by atoms with Crippen LogP contribution < -0.4 is 16.2 Å². The summed E-state index contributed by atoms with van der Waals surface area (Å²) in [5.41, 5.74) is 14.0. The van der Waals surface area contributed by atoms with E-state index < -0.39 is 5.91 Å². The summed E-state index contributed by atoms with van der Waals surface area (Å²) in [6.45, 7) is 1.96. The van der Waals surface area contributed by atoms with Crippen molar-refractivity contribution in [2.24, 2.45) is 11.5 Å².